The molecule has 0 atom stereocenters. The molecule has 0 unspecified atom stereocenters. The normalized spacial score (nSPS) is 18.3. The maximum atomic E-state index is 12.0. The van der Waals surface area contributed by atoms with Gasteiger partial charge in [0.25, 0.3) is 0 Å². The lowest BCUT2D eigenvalue weighted by Gasteiger charge is -2.22. The second-order valence-electron chi connectivity index (χ2n) is 6.49. The summed E-state index contributed by atoms with van der Waals surface area (Å²) in [6.07, 6.45) is 4.39. The van der Waals surface area contributed by atoms with E-state index in [-0.39, 0.29) is 24.2 Å². The van der Waals surface area contributed by atoms with Gasteiger partial charge in [-0.05, 0) is 56.0 Å². The van der Waals surface area contributed by atoms with Crippen LogP contribution < -0.4 is 15.5 Å². The number of piperidine rings is 1. The number of anilines is 1. The first-order valence-corrected chi connectivity index (χ1v) is 8.59. The number of nitrogens with zero attached hydrogens (tertiary/aromatic N) is 1. The average molecular weight is 352 g/mol. The summed E-state index contributed by atoms with van der Waals surface area (Å²) in [5.74, 6) is 0.850. The molecule has 2 amide bonds. The molecule has 2 aliphatic heterocycles. The van der Waals surface area contributed by atoms with Gasteiger partial charge >= 0.3 is 0 Å². The topological polar surface area (TPSA) is 61.4 Å². The average Bonchev–Trinajstić information content (AvgIpc) is 3.00. The Morgan fingerprint density at radius 3 is 2.54 bits per heavy atom. The number of carbonyl (C=O) groups is 2. The Kier molecular flexibility index (Phi) is 7.06. The molecule has 0 radical (unpaired) electrons. The Hall–Kier alpha value is -1.59. The van der Waals surface area contributed by atoms with Crippen LogP contribution in [0.3, 0.4) is 0 Å². The molecule has 132 valence electrons. The number of benzene rings is 1. The lowest BCUT2D eigenvalue weighted by Crippen LogP contribution is -2.32. The van der Waals surface area contributed by atoms with Gasteiger partial charge in [0.1, 0.15) is 0 Å². The van der Waals surface area contributed by atoms with Gasteiger partial charge in [0.05, 0.1) is 0 Å². The van der Waals surface area contributed by atoms with Gasteiger partial charge in [-0.25, -0.2) is 0 Å². The number of carbonyl (C=O) groups excluding carboxylic acids is 2. The van der Waals surface area contributed by atoms with E-state index in [1.165, 1.54) is 0 Å². The smallest absolute Gasteiger partial charge is 0.227 e. The molecule has 1 aromatic carbocycles. The van der Waals surface area contributed by atoms with Crippen LogP contribution in [0.4, 0.5) is 5.69 Å². The molecule has 0 bridgehead atoms. The minimum atomic E-state index is 0. The molecule has 2 saturated heterocycles. The fraction of sp³-hybridized carbons (Fsp3) is 0.556. The maximum Gasteiger partial charge on any atom is 0.227 e. The molecular weight excluding hydrogens is 326 g/mol. The van der Waals surface area contributed by atoms with Crippen molar-refractivity contribution in [3.05, 3.63) is 29.8 Å². The SMILES string of the molecule is Cl.O=C(CC1CCNCC1)NCc1ccc(N2CCCC2=O)cc1. The van der Waals surface area contributed by atoms with Crippen molar-refractivity contribution in [3.63, 3.8) is 0 Å². The molecule has 1 aromatic rings. The van der Waals surface area contributed by atoms with Crippen molar-refractivity contribution < 1.29 is 9.59 Å². The lowest BCUT2D eigenvalue weighted by molar-refractivity contribution is -0.122. The van der Waals surface area contributed by atoms with Crippen LogP contribution >= 0.6 is 12.4 Å². The van der Waals surface area contributed by atoms with Gasteiger partial charge in [-0.15, -0.1) is 12.4 Å². The Morgan fingerprint density at radius 1 is 1.21 bits per heavy atom. The maximum absolute atomic E-state index is 12.0. The van der Waals surface area contributed by atoms with E-state index in [0.717, 1.165) is 50.1 Å². The molecule has 2 heterocycles. The zero-order chi connectivity index (χ0) is 16.1. The highest BCUT2D eigenvalue weighted by Gasteiger charge is 2.21. The first kappa shape index (κ1) is 18.7. The van der Waals surface area contributed by atoms with Gasteiger partial charge in [0.15, 0.2) is 0 Å². The minimum Gasteiger partial charge on any atom is -0.352 e. The molecule has 2 N–H and O–H groups in total. The highest BCUT2D eigenvalue weighted by atomic mass is 35.5. The Morgan fingerprint density at radius 2 is 1.92 bits per heavy atom. The predicted molar refractivity (Wildman–Crippen MR) is 97.3 cm³/mol. The fourth-order valence-corrected chi connectivity index (χ4v) is 3.34. The Balaban J connectivity index is 0.00000208. The van der Waals surface area contributed by atoms with Crippen LogP contribution in [-0.4, -0.2) is 31.4 Å². The molecule has 6 heteroatoms. The summed E-state index contributed by atoms with van der Waals surface area (Å²) >= 11 is 0. The van der Waals surface area contributed by atoms with Crippen molar-refractivity contribution in [3.8, 4) is 0 Å². The zero-order valence-corrected chi connectivity index (χ0v) is 14.7. The van der Waals surface area contributed by atoms with Gasteiger partial charge in [0.2, 0.25) is 11.8 Å². The molecule has 24 heavy (non-hydrogen) atoms. The summed E-state index contributed by atoms with van der Waals surface area (Å²) in [4.78, 5) is 25.6. The van der Waals surface area contributed by atoms with Crippen LogP contribution in [0.15, 0.2) is 24.3 Å². The van der Waals surface area contributed by atoms with E-state index >= 15 is 0 Å². The monoisotopic (exact) mass is 351 g/mol. The first-order chi connectivity index (χ1) is 11.2. The summed E-state index contributed by atoms with van der Waals surface area (Å²) in [6.45, 7) is 3.41. The van der Waals surface area contributed by atoms with E-state index in [9.17, 15) is 9.59 Å². The summed E-state index contributed by atoms with van der Waals surface area (Å²) < 4.78 is 0. The van der Waals surface area contributed by atoms with E-state index in [4.69, 9.17) is 0 Å². The van der Waals surface area contributed by atoms with Crippen LogP contribution in [0, 0.1) is 5.92 Å². The van der Waals surface area contributed by atoms with Crippen LogP contribution in [-0.2, 0) is 16.1 Å². The Bertz CT molecular complexity index is 556. The summed E-state index contributed by atoms with van der Waals surface area (Å²) in [5, 5.41) is 6.32. The molecular formula is C18H26ClN3O2. The van der Waals surface area contributed by atoms with E-state index < -0.39 is 0 Å². The second kappa shape index (κ2) is 9.04. The van der Waals surface area contributed by atoms with E-state index in [1.54, 1.807) is 0 Å². The second-order valence-corrected chi connectivity index (χ2v) is 6.49. The quantitative estimate of drug-likeness (QED) is 0.855. The molecule has 0 aromatic heterocycles. The van der Waals surface area contributed by atoms with Crippen LogP contribution in [0.2, 0.25) is 0 Å². The van der Waals surface area contributed by atoms with E-state index in [2.05, 4.69) is 10.6 Å². The first-order valence-electron chi connectivity index (χ1n) is 8.59. The van der Waals surface area contributed by atoms with Crippen molar-refractivity contribution in [1.82, 2.24) is 10.6 Å². The third-order valence-electron chi connectivity index (χ3n) is 4.74. The van der Waals surface area contributed by atoms with Gasteiger partial charge in [0, 0.05) is 31.6 Å². The lowest BCUT2D eigenvalue weighted by atomic mass is 9.94. The largest absolute Gasteiger partial charge is 0.352 e. The number of amides is 2. The summed E-state index contributed by atoms with van der Waals surface area (Å²) in [5.41, 5.74) is 2.02. The van der Waals surface area contributed by atoms with Crippen LogP contribution in [0.1, 0.15) is 37.7 Å². The minimum absolute atomic E-state index is 0. The van der Waals surface area contributed by atoms with Crippen LogP contribution in [0.25, 0.3) is 0 Å². The van der Waals surface area contributed by atoms with Crippen LogP contribution in [0.5, 0.6) is 0 Å². The van der Waals surface area contributed by atoms with Gasteiger partial charge < -0.3 is 15.5 Å². The summed E-state index contributed by atoms with van der Waals surface area (Å²) in [7, 11) is 0. The molecule has 3 rings (SSSR count). The summed E-state index contributed by atoms with van der Waals surface area (Å²) in [6, 6.07) is 7.92. The molecule has 2 fully saturated rings. The Labute approximate surface area is 149 Å². The van der Waals surface area contributed by atoms with Crippen molar-refractivity contribution in [2.24, 2.45) is 5.92 Å². The van der Waals surface area contributed by atoms with Crippen molar-refractivity contribution in [2.75, 3.05) is 24.5 Å². The van der Waals surface area contributed by atoms with Gasteiger partial charge in [-0.2, -0.15) is 0 Å². The molecule has 0 spiro atoms. The molecule has 0 saturated carbocycles. The van der Waals surface area contributed by atoms with Crippen molar-refractivity contribution >= 4 is 29.9 Å². The number of rotatable bonds is 5. The number of halogens is 1. The zero-order valence-electron chi connectivity index (χ0n) is 13.9. The van der Waals surface area contributed by atoms with E-state index in [0.29, 0.717) is 25.3 Å². The number of hydrogen-bond donors (Lipinski definition) is 2. The predicted octanol–water partition coefficient (Wildman–Crippen LogP) is 2.24. The third-order valence-corrected chi connectivity index (χ3v) is 4.74. The van der Waals surface area contributed by atoms with Crippen molar-refractivity contribution in [1.29, 1.82) is 0 Å². The van der Waals surface area contributed by atoms with E-state index in [1.807, 2.05) is 29.2 Å². The van der Waals surface area contributed by atoms with Crippen molar-refractivity contribution in [2.45, 2.75) is 38.6 Å². The number of hydrogen-bond acceptors (Lipinski definition) is 3. The highest BCUT2D eigenvalue weighted by Crippen LogP contribution is 2.21. The molecule has 0 aliphatic carbocycles. The van der Waals surface area contributed by atoms with Gasteiger partial charge in [-0.1, -0.05) is 12.1 Å². The third kappa shape index (κ3) is 4.95. The molecule has 5 nitrogen and oxygen atoms in total. The standard InChI is InChI=1S/C18H25N3O2.ClH/c22-17(12-14-7-9-19-10-8-14)20-13-15-3-5-16(6-4-15)21-11-1-2-18(21)23;/h3-6,14,19H,1-2,7-13H2,(H,20,22);1H. The fourth-order valence-electron chi connectivity index (χ4n) is 3.34. The number of nitrogens with one attached hydrogen (secondary N) is 2. The molecule has 2 aliphatic rings. The highest BCUT2D eigenvalue weighted by molar-refractivity contribution is 5.95. The van der Waals surface area contributed by atoms with Gasteiger partial charge in [-0.3, -0.25) is 9.59 Å².